The zero-order valence-corrected chi connectivity index (χ0v) is 5.24. The minimum Gasteiger partial charge on any atom is -0.480 e. The number of hydrogen-bond donors (Lipinski definition) is 3. The maximum Gasteiger partial charge on any atom is 0.320 e. The first kappa shape index (κ1) is 3.19. The predicted molar refractivity (Wildman–Crippen MR) is 38.5 cm³/mol. The normalized spacial score (nSPS) is 31.0. The lowest BCUT2D eigenvalue weighted by Gasteiger charge is -2.03. The average Bonchev–Trinajstić information content (AvgIpc) is 2.14. The summed E-state index contributed by atoms with van der Waals surface area (Å²) in [5.74, 6) is -1.72. The van der Waals surface area contributed by atoms with Crippen LogP contribution in [-0.2, 0) is 4.79 Å². The quantitative estimate of drug-likeness (QED) is 0.374. The molecule has 0 radical (unpaired) electrons. The van der Waals surface area contributed by atoms with Gasteiger partial charge in [-0.15, -0.1) is 0 Å². The molecule has 10 heavy (non-hydrogen) atoms. The van der Waals surface area contributed by atoms with Gasteiger partial charge >= 0.3 is 5.97 Å². The maximum absolute atomic E-state index is 10.5. The van der Waals surface area contributed by atoms with E-state index >= 15 is 0 Å². The minimum atomic E-state index is -3.00. The van der Waals surface area contributed by atoms with Crippen LogP contribution in [0.15, 0.2) is 0 Å². The molecule has 0 amide bonds. The first-order valence-electron chi connectivity index (χ1n) is 5.70. The van der Waals surface area contributed by atoms with Crippen molar-refractivity contribution in [2.75, 3.05) is 6.52 Å². The van der Waals surface area contributed by atoms with Crippen LogP contribution in [0.4, 0.5) is 0 Å². The number of aliphatic carboxylic acids is 1. The second-order valence-corrected chi connectivity index (χ2v) is 1.46. The van der Waals surface area contributed by atoms with Crippen molar-refractivity contribution in [2.24, 2.45) is 11.5 Å². The Bertz CT molecular complexity index is 272. The number of hydrogen-bond acceptors (Lipinski definition) is 3. The summed E-state index contributed by atoms with van der Waals surface area (Å²) in [5, 5.41) is 8.53. The smallest absolute Gasteiger partial charge is 0.320 e. The number of carbonyl (C=O) groups is 1. The lowest BCUT2D eigenvalue weighted by Crippen LogP contribution is -2.29. The van der Waals surface area contributed by atoms with Gasteiger partial charge < -0.3 is 16.6 Å². The molecule has 0 aromatic carbocycles. The molecule has 0 rings (SSSR count). The molecule has 0 unspecified atom stereocenters. The van der Waals surface area contributed by atoms with Crippen LogP contribution in [0, 0.1) is 0 Å². The molecule has 0 aromatic heterocycles. The van der Waals surface area contributed by atoms with Gasteiger partial charge in [-0.3, -0.25) is 4.79 Å². The number of rotatable bonds is 5. The van der Waals surface area contributed by atoms with Gasteiger partial charge in [0.15, 0.2) is 0 Å². The summed E-state index contributed by atoms with van der Waals surface area (Å²) in [7, 11) is 0. The SMILES string of the molecule is [2H][13C@H]([15NH2])[13C@@H]([2H])[13C]([2H])([2H])[13C]([2H])([2H])[13C@H]([15NH2])[13C](=O)O. The lowest BCUT2D eigenvalue weighted by molar-refractivity contribution is -0.138. The van der Waals surface area contributed by atoms with Crippen molar-refractivity contribution in [1.29, 1.82) is 0 Å². The van der Waals surface area contributed by atoms with E-state index in [9.17, 15) is 4.79 Å². The summed E-state index contributed by atoms with van der Waals surface area (Å²) in [6.07, 6.45) is -7.87. The molecule has 0 heterocycles. The lowest BCUT2D eigenvalue weighted by atomic mass is 11.1. The Morgan fingerprint density at radius 2 is 2.40 bits per heavy atom. The van der Waals surface area contributed by atoms with E-state index < -0.39 is 37.7 Å². The molecule has 4 heteroatoms. The van der Waals surface area contributed by atoms with Gasteiger partial charge in [0.05, 0.1) is 0 Å². The molecule has 0 saturated carbocycles. The van der Waals surface area contributed by atoms with Crippen LogP contribution in [-0.4, -0.2) is 23.6 Å². The maximum atomic E-state index is 10.5. The first-order valence-corrected chi connectivity index (χ1v) is 2.54. The van der Waals surface area contributed by atoms with Crippen molar-refractivity contribution in [3.05, 3.63) is 0 Å². The van der Waals surface area contributed by atoms with Gasteiger partial charge in [0.25, 0.3) is 0 Å². The van der Waals surface area contributed by atoms with Crippen molar-refractivity contribution in [1.82, 2.24) is 0 Å². The highest BCUT2D eigenvalue weighted by atomic mass is 16.5. The van der Waals surface area contributed by atoms with Crippen LogP contribution in [0.1, 0.15) is 27.4 Å². The van der Waals surface area contributed by atoms with Gasteiger partial charge in [-0.05, 0) is 19.3 Å². The Hall–Kier alpha value is -0.610. The number of nitrogens with two attached hydrogens (primary N) is 2. The third-order valence-corrected chi connectivity index (χ3v) is 0.684. The van der Waals surface area contributed by atoms with Gasteiger partial charge in [-0.2, -0.15) is 0 Å². The zero-order chi connectivity index (χ0) is 13.3. The third kappa shape index (κ3) is 4.29. The third-order valence-electron chi connectivity index (χ3n) is 0.684. The second kappa shape index (κ2) is 5.20. The molecule has 0 fully saturated rings. The molecule has 0 aliphatic carbocycles. The fourth-order valence-electron chi connectivity index (χ4n) is 0.248. The molecule has 0 bridgehead atoms. The molecule has 0 aromatic rings. The molecule has 3 atom stereocenters. The summed E-state index contributed by atoms with van der Waals surface area (Å²) in [6, 6.07) is -2.13. The van der Waals surface area contributed by atoms with E-state index in [-0.39, 0.29) is 0 Å². The van der Waals surface area contributed by atoms with Gasteiger partial charge in [0, 0.05) is 8.22 Å². The molecule has 0 aliphatic heterocycles. The monoisotopic (exact) mass is 160 g/mol. The topological polar surface area (TPSA) is 89.3 Å². The summed E-state index contributed by atoms with van der Waals surface area (Å²) in [5.41, 5.74) is 10.00. The largest absolute Gasteiger partial charge is 0.480 e. The fourth-order valence-corrected chi connectivity index (χ4v) is 0.248. The van der Waals surface area contributed by atoms with Crippen molar-refractivity contribution in [3.63, 3.8) is 0 Å². The van der Waals surface area contributed by atoms with Crippen molar-refractivity contribution < 1.29 is 18.1 Å². The summed E-state index contributed by atoms with van der Waals surface area (Å²) >= 11 is 0. The molecular weight excluding hydrogens is 140 g/mol. The van der Waals surface area contributed by atoms with Crippen LogP contribution < -0.4 is 11.5 Å². The Morgan fingerprint density at radius 3 is 2.80 bits per heavy atom. The van der Waals surface area contributed by atoms with Crippen LogP contribution in [0.3, 0.4) is 0 Å². The van der Waals surface area contributed by atoms with E-state index in [2.05, 4.69) is 0 Å². The second-order valence-electron chi connectivity index (χ2n) is 1.46. The van der Waals surface area contributed by atoms with Gasteiger partial charge in [0.2, 0.25) is 0 Å². The zero-order valence-electron chi connectivity index (χ0n) is 11.2. The van der Waals surface area contributed by atoms with Crippen LogP contribution >= 0.6 is 0 Å². The van der Waals surface area contributed by atoms with Gasteiger partial charge in [-0.1, -0.05) is 6.37 Å². The van der Waals surface area contributed by atoms with E-state index in [1.165, 1.54) is 0 Å². The van der Waals surface area contributed by atoms with Gasteiger partial charge in [0.1, 0.15) is 6.04 Å². The summed E-state index contributed by atoms with van der Waals surface area (Å²) in [6.45, 7) is -1.69. The van der Waals surface area contributed by atoms with E-state index in [1.807, 2.05) is 0 Å². The molecule has 0 saturated heterocycles. The highest BCUT2D eigenvalue weighted by molar-refractivity contribution is 5.72. The van der Waals surface area contributed by atoms with E-state index in [0.717, 1.165) is 0 Å². The molecule has 4 nitrogen and oxygen atoms in total. The van der Waals surface area contributed by atoms with Crippen LogP contribution in [0.25, 0.3) is 0 Å². The highest BCUT2D eigenvalue weighted by Crippen LogP contribution is 1.96. The van der Waals surface area contributed by atoms with E-state index in [0.29, 0.717) is 0 Å². The van der Waals surface area contributed by atoms with Crippen LogP contribution in [0.2, 0.25) is 0 Å². The van der Waals surface area contributed by atoms with Crippen molar-refractivity contribution in [2.45, 2.75) is 25.2 Å². The first-order chi connectivity index (χ1) is 6.96. The Kier molecular flexibility index (Phi) is 1.66. The number of carboxylic acid groups (broad SMARTS) is 1. The number of carboxylic acids is 1. The summed E-state index contributed by atoms with van der Waals surface area (Å²) in [4.78, 5) is 10.5. The van der Waals surface area contributed by atoms with Crippen LogP contribution in [0.5, 0.6) is 0 Å². The Labute approximate surface area is 68.6 Å². The molecule has 5 N–H and O–H groups in total. The minimum absolute atomic E-state index is 1.69. The molecule has 60 valence electrons. The van der Waals surface area contributed by atoms with Crippen molar-refractivity contribution in [3.8, 4) is 0 Å². The average molecular weight is 160 g/mol. The fraction of sp³-hybridized carbons (Fsp3) is 0.833. The summed E-state index contributed by atoms with van der Waals surface area (Å²) < 4.78 is 43.5. The van der Waals surface area contributed by atoms with Gasteiger partial charge in [-0.25, -0.2) is 0 Å². The van der Waals surface area contributed by atoms with E-state index in [4.69, 9.17) is 24.8 Å². The predicted octanol–water partition coefficient (Wildman–Crippen LogP) is -0.473. The van der Waals surface area contributed by atoms with E-state index in [1.54, 1.807) is 0 Å². The standard InChI is InChI=1S/C6H14N2O2/c7-4-2-1-3-5(8)6(9)10/h5H,1-4,7-8H2,(H,9,10)/t5-/m0/s1/i1+1D2,2+1D,3+1D2,4+1D,5+1,6+1,7+1,8+1/t2-,4-,5-. The van der Waals surface area contributed by atoms with Crippen molar-refractivity contribution >= 4 is 5.97 Å². The Morgan fingerprint density at radius 1 is 1.80 bits per heavy atom. The molecule has 0 aliphatic rings. The highest BCUT2D eigenvalue weighted by Gasteiger charge is 2.09. The Balaban J connectivity index is 5.19. The molecular formula is C6H14N2O2. The molecule has 0 spiro atoms.